The maximum absolute atomic E-state index is 5.89. The molecule has 7 heterocycles. The summed E-state index contributed by atoms with van der Waals surface area (Å²) in [7, 11) is 2.48. The van der Waals surface area contributed by atoms with E-state index in [9.17, 15) is 0 Å². The number of aromatic nitrogens is 11. The molecule has 16 nitrogen and oxygen atoms in total. The van der Waals surface area contributed by atoms with E-state index in [2.05, 4.69) is 265 Å². The molecular formula is C107H74AlCuN14O2PPt-. The van der Waals surface area contributed by atoms with Crippen LogP contribution < -0.4 is 27.3 Å². The largest absolute Gasteiger partial charge is 2.00 e. The van der Waals surface area contributed by atoms with E-state index in [0.29, 0.717) is 45.9 Å². The second-order valence-corrected chi connectivity index (χ2v) is 30.0. The van der Waals surface area contributed by atoms with Crippen LogP contribution in [0.15, 0.2) is 419 Å². The molecule has 21 aromatic rings. The molecule has 2 radical (unpaired) electrons. The molecule has 0 aliphatic carbocycles. The smallest absolute Gasteiger partial charge is 0.616 e. The van der Waals surface area contributed by atoms with E-state index in [-0.39, 0.29) is 38.1 Å². The molecule has 0 spiro atoms. The zero-order chi connectivity index (χ0) is 84.9. The molecule has 20 heteroatoms. The minimum absolute atomic E-state index is 0. The Kier molecular flexibility index (Phi) is 25.7. The van der Waals surface area contributed by atoms with Crippen molar-refractivity contribution in [3.05, 3.63) is 431 Å². The molecule has 127 heavy (non-hydrogen) atoms. The SMILES string of the molecule is Cc1ccc2cccc([O][Al][O]c3ccc(-c4ccccc4)cc3)c2n1.[2H]N=P.[Cu+2].[Pt].[c-]1ccccc1-n1cccn1.c1ccc(N(c2ccc(-c3ccc(N(c4ccccc4)c4cccc5ccccc45)cc3)cc2)c2cccc3ccccc23)cc1.c1ccc2c(c1)-c1nc-2nc2[n-]c(nc3nc(nc4[n-]c(n1)c1ccccc41)-c1ccccc1-3)c1ccccc21. The van der Waals surface area contributed by atoms with Gasteiger partial charge in [0.1, 0.15) is 11.3 Å². The van der Waals surface area contributed by atoms with Crippen molar-refractivity contribution in [3.8, 4) is 85.0 Å². The van der Waals surface area contributed by atoms with Crippen molar-refractivity contribution >= 4 is 136 Å². The summed E-state index contributed by atoms with van der Waals surface area (Å²) in [5.41, 5.74) is 20.1. The second-order valence-electron chi connectivity index (χ2n) is 29.3. The van der Waals surface area contributed by atoms with Crippen LogP contribution in [-0.4, -0.2) is 60.6 Å². The minimum atomic E-state index is -0.665. The molecule has 2 aliphatic heterocycles. The van der Waals surface area contributed by atoms with Crippen LogP contribution in [0.4, 0.5) is 34.1 Å². The average molecular weight is 1910 g/mol. The number of hydrogen-bond acceptors (Lipinski definition) is 13. The number of nitrogens with one attached hydrogen (secondary N) is 1. The summed E-state index contributed by atoms with van der Waals surface area (Å²) in [6.07, 6.45) is 3.65. The number of hydrogen-bond donors (Lipinski definition) is 1. The van der Waals surface area contributed by atoms with Crippen molar-refractivity contribution in [2.45, 2.75) is 6.92 Å². The number of para-hydroxylation sites is 4. The van der Waals surface area contributed by atoms with Gasteiger partial charge in [0, 0.05) is 123 Å². The van der Waals surface area contributed by atoms with E-state index in [1.807, 2.05) is 195 Å². The van der Waals surface area contributed by atoms with Gasteiger partial charge in [-0.05, 0) is 167 Å². The predicted molar refractivity (Wildman–Crippen MR) is 509 cm³/mol. The Morgan fingerprint density at radius 3 is 1.16 bits per heavy atom. The molecule has 0 atom stereocenters. The monoisotopic (exact) mass is 1900 g/mol. The quantitative estimate of drug-likeness (QED) is 0.0653. The Balaban J connectivity index is 0.000000128. The maximum Gasteiger partial charge on any atom is 2.00 e. The van der Waals surface area contributed by atoms with E-state index < -0.39 is 15.9 Å². The van der Waals surface area contributed by atoms with Crippen LogP contribution in [0.2, 0.25) is 1.41 Å². The minimum Gasteiger partial charge on any atom is -0.616 e. The van der Waals surface area contributed by atoms with Crippen LogP contribution >= 0.6 is 9.03 Å². The van der Waals surface area contributed by atoms with Gasteiger partial charge in [0.05, 0.1) is 40.4 Å². The molecule has 614 valence electrons. The number of benzene rings is 16. The third-order valence-electron chi connectivity index (χ3n) is 21.5. The third-order valence-corrected chi connectivity index (χ3v) is 22.3. The summed E-state index contributed by atoms with van der Waals surface area (Å²) in [6.45, 7) is 1.98. The summed E-state index contributed by atoms with van der Waals surface area (Å²) in [5, 5.41) is 16.2. The molecule has 0 saturated carbocycles. The van der Waals surface area contributed by atoms with Crippen LogP contribution in [-0.2, 0) is 38.1 Å². The number of rotatable bonds is 13. The Labute approximate surface area is 768 Å². The molecule has 0 fully saturated rings. The fourth-order valence-corrected chi connectivity index (χ4v) is 16.2. The number of fused-ring (bicyclic) bond motifs is 23. The third kappa shape index (κ3) is 18.2. The van der Waals surface area contributed by atoms with Crippen molar-refractivity contribution in [3.63, 3.8) is 0 Å². The molecule has 8 bridgehead atoms. The summed E-state index contributed by atoms with van der Waals surface area (Å²) < 4.78 is 19.2. The molecule has 0 unspecified atom stereocenters. The van der Waals surface area contributed by atoms with Gasteiger partial charge >= 0.3 is 33.0 Å². The van der Waals surface area contributed by atoms with Crippen LogP contribution in [0.25, 0.3) is 150 Å². The van der Waals surface area contributed by atoms with Crippen molar-refractivity contribution in [1.29, 1.82) is 5.15 Å². The fraction of sp³-hybridized carbons (Fsp3) is 0.00935. The molecule has 2 aliphatic rings. The van der Waals surface area contributed by atoms with E-state index in [1.165, 1.54) is 43.8 Å². The van der Waals surface area contributed by atoms with Gasteiger partial charge in [0.15, 0.2) is 1.41 Å². The normalized spacial score (nSPS) is 10.9. The van der Waals surface area contributed by atoms with E-state index in [4.69, 9.17) is 48.9 Å². The molecule has 23 rings (SSSR count). The van der Waals surface area contributed by atoms with Crippen LogP contribution in [0.1, 0.15) is 5.69 Å². The van der Waals surface area contributed by atoms with Crippen molar-refractivity contribution < 1.29 is 47.1 Å². The molecule has 16 aromatic carbocycles. The first-order chi connectivity index (χ1) is 62.3. The Morgan fingerprint density at radius 1 is 0.354 bits per heavy atom. The Hall–Kier alpha value is -14.9. The topological polar surface area (TPSA) is 185 Å². The van der Waals surface area contributed by atoms with E-state index >= 15 is 0 Å². The maximum atomic E-state index is 5.89. The van der Waals surface area contributed by atoms with Gasteiger partial charge < -0.3 is 47.3 Å². The van der Waals surface area contributed by atoms with Crippen molar-refractivity contribution in [1.82, 2.24) is 54.6 Å². The summed E-state index contributed by atoms with van der Waals surface area (Å²) in [5.74, 6) is 3.78. The summed E-state index contributed by atoms with van der Waals surface area (Å²) >= 11 is -0.665. The Bertz CT molecular complexity index is 7150. The van der Waals surface area contributed by atoms with Crippen molar-refractivity contribution in [2.24, 2.45) is 0 Å². The van der Waals surface area contributed by atoms with Gasteiger partial charge in [0.2, 0.25) is 0 Å². The summed E-state index contributed by atoms with van der Waals surface area (Å²) in [4.78, 5) is 48.5. The summed E-state index contributed by atoms with van der Waals surface area (Å²) in [6, 6.07) is 142. The average Bonchev–Trinajstić information content (AvgIpc) is 1.62. The Morgan fingerprint density at radius 2 is 0.724 bits per heavy atom. The van der Waals surface area contributed by atoms with Gasteiger partial charge in [0.25, 0.3) is 0 Å². The first-order valence-corrected chi connectivity index (χ1v) is 42.1. The van der Waals surface area contributed by atoms with Crippen LogP contribution in [0, 0.1) is 18.1 Å². The van der Waals surface area contributed by atoms with Crippen LogP contribution in [0.3, 0.4) is 0 Å². The first kappa shape index (κ1) is 83.0. The van der Waals surface area contributed by atoms with Gasteiger partial charge in [-0.1, -0.05) is 291 Å². The van der Waals surface area contributed by atoms with E-state index in [1.54, 1.807) is 10.9 Å². The van der Waals surface area contributed by atoms with Gasteiger partial charge in [-0.3, -0.25) is 9.84 Å². The second kappa shape index (κ2) is 39.3. The van der Waals surface area contributed by atoms with Gasteiger partial charge in [-0.25, -0.2) is 15.0 Å². The zero-order valence-electron chi connectivity index (χ0n) is 69.1. The number of nitrogens with zero attached hydrogens (tertiary/aromatic N) is 13. The van der Waals surface area contributed by atoms with Gasteiger partial charge in [-0.15, -0.1) is 6.07 Å². The first-order valence-electron chi connectivity index (χ1n) is 41.2. The number of anilines is 6. The number of aryl methyl sites for hydroxylation is 1. The molecule has 5 aromatic heterocycles. The number of pyridine rings is 1. The van der Waals surface area contributed by atoms with Crippen molar-refractivity contribution in [2.75, 3.05) is 9.80 Å². The van der Waals surface area contributed by atoms with E-state index in [0.717, 1.165) is 112 Å². The van der Waals surface area contributed by atoms with Gasteiger partial charge in [-0.2, -0.15) is 29.4 Å². The standard InChI is InChI=1S/C44H32N2.C32H16N8.C12H10O.C10H9NO.C9H7N2.Al.Cu.H2NP.Pt/c1-3-17-37(18-4-1)45(43-23-11-15-35-13-7-9-21-41(35)43)39-29-25-33(26-30-39)34-27-31-40(32-28-34)46(38-19-5-2-6-20-38)44-24-12-16-36-14-8-10-22-42(36)44;1-2-10-18-17(9-1)25-33-26(18)38-28-21-13-5-6-14-22(21)30(35-28)40-32-24-16-8-7-15-23(24)31(36-32)39-29-20-12-4-3-11-19(20)27(34-29)37-25;13-12-8-6-11(7-9-12)10-4-2-1-3-5-10;1-7-5-6-8-3-2-4-9(12)10(8)11-7;1-2-5-9(6-3-1)11-8-4-7-10-11;;;1-2;/h1-32H;1-16H;1-9,13H;2-6,12H,1H3;1-5,7-8H;;;1-2H;/q;-2;;;-1;2*+2;;/p-2/i/hD. The molecule has 0 amide bonds. The predicted octanol–water partition coefficient (Wildman–Crippen LogP) is 26.5. The zero-order valence-corrected chi connectivity index (χ0v) is 73.5. The molecule has 0 saturated heterocycles. The fourth-order valence-electron chi connectivity index (χ4n) is 15.6. The van der Waals surface area contributed by atoms with Crippen LogP contribution in [0.5, 0.6) is 11.5 Å². The molecular weight excluding hydrogens is 1830 g/mol. The molecule has 1 N–H and O–H groups in total.